The standard InChI is InChI=1S/C19H37N3O7/c1-12(23)19(21-14(25)28-17(5,6)7,22-15(26)29-18(8,9)10)11-20-13(24)27-16(2,3)4/h12,23H,11H2,1-10H3,(H,20,24)(H,21,25)(H,22,26). The molecule has 0 heterocycles. The first-order valence-electron chi connectivity index (χ1n) is 9.42. The largest absolute Gasteiger partial charge is 0.444 e. The molecule has 0 aromatic rings. The van der Waals surface area contributed by atoms with Crippen LogP contribution in [0.15, 0.2) is 0 Å². The molecule has 0 spiro atoms. The zero-order valence-electron chi connectivity index (χ0n) is 19.2. The molecule has 0 fully saturated rings. The average molecular weight is 420 g/mol. The van der Waals surface area contributed by atoms with Crippen molar-refractivity contribution in [3.8, 4) is 0 Å². The third-order valence-corrected chi connectivity index (χ3v) is 3.07. The number of rotatable bonds is 5. The van der Waals surface area contributed by atoms with E-state index in [2.05, 4.69) is 16.0 Å². The quantitative estimate of drug-likeness (QED) is 0.397. The Hall–Kier alpha value is -2.23. The topological polar surface area (TPSA) is 135 Å². The van der Waals surface area contributed by atoms with Crippen LogP contribution in [0, 0.1) is 0 Å². The first-order valence-corrected chi connectivity index (χ1v) is 9.42. The number of aliphatic hydroxyl groups excluding tert-OH is 1. The van der Waals surface area contributed by atoms with Crippen LogP contribution in [-0.2, 0) is 14.2 Å². The highest BCUT2D eigenvalue weighted by Crippen LogP contribution is 2.14. The predicted octanol–water partition coefficient (Wildman–Crippen LogP) is 2.64. The Kier molecular flexibility index (Phi) is 8.78. The number of amides is 3. The zero-order chi connectivity index (χ0) is 23.3. The first-order chi connectivity index (χ1) is 12.7. The summed E-state index contributed by atoms with van der Waals surface area (Å²) in [6, 6.07) is 0. The minimum atomic E-state index is -1.82. The van der Waals surface area contributed by atoms with Gasteiger partial charge in [0.15, 0.2) is 5.66 Å². The summed E-state index contributed by atoms with van der Waals surface area (Å²) in [6.45, 7) is 16.0. The lowest BCUT2D eigenvalue weighted by Gasteiger charge is -2.38. The molecule has 4 N–H and O–H groups in total. The third-order valence-electron chi connectivity index (χ3n) is 3.07. The lowest BCUT2D eigenvalue weighted by atomic mass is 10.0. The van der Waals surface area contributed by atoms with Gasteiger partial charge in [-0.15, -0.1) is 0 Å². The Labute approximate surface area is 173 Å². The molecular formula is C19H37N3O7. The number of nitrogens with one attached hydrogen (secondary N) is 3. The fraction of sp³-hybridized carbons (Fsp3) is 0.842. The number of hydrogen-bond acceptors (Lipinski definition) is 7. The second-order valence-corrected chi connectivity index (χ2v) is 9.76. The molecule has 10 heteroatoms. The molecule has 0 aliphatic heterocycles. The molecule has 1 unspecified atom stereocenters. The Balaban J connectivity index is 5.61. The van der Waals surface area contributed by atoms with Crippen molar-refractivity contribution in [2.24, 2.45) is 0 Å². The SMILES string of the molecule is CC(O)C(CNC(=O)OC(C)(C)C)(NC(=O)OC(C)(C)C)NC(=O)OC(C)(C)C. The van der Waals surface area contributed by atoms with Gasteiger partial charge in [0.25, 0.3) is 0 Å². The van der Waals surface area contributed by atoms with E-state index in [0.717, 1.165) is 0 Å². The van der Waals surface area contributed by atoms with Crippen LogP contribution in [0.25, 0.3) is 0 Å². The summed E-state index contributed by atoms with van der Waals surface area (Å²) in [7, 11) is 0. The second-order valence-electron chi connectivity index (χ2n) is 9.76. The maximum absolute atomic E-state index is 12.3. The van der Waals surface area contributed by atoms with Gasteiger partial charge >= 0.3 is 18.3 Å². The second kappa shape index (κ2) is 9.51. The lowest BCUT2D eigenvalue weighted by molar-refractivity contribution is 0.000134. The molecule has 0 aliphatic rings. The fourth-order valence-electron chi connectivity index (χ4n) is 1.97. The van der Waals surface area contributed by atoms with Crippen molar-refractivity contribution in [1.82, 2.24) is 16.0 Å². The minimum Gasteiger partial charge on any atom is -0.444 e. The summed E-state index contributed by atoms with van der Waals surface area (Å²) in [5, 5.41) is 17.7. The monoisotopic (exact) mass is 419 g/mol. The molecule has 0 aromatic carbocycles. The molecule has 170 valence electrons. The Morgan fingerprint density at radius 2 is 1.03 bits per heavy atom. The van der Waals surface area contributed by atoms with Crippen molar-refractivity contribution < 1.29 is 33.7 Å². The molecule has 0 aromatic heterocycles. The molecule has 0 radical (unpaired) electrons. The Bertz CT molecular complexity index is 554. The van der Waals surface area contributed by atoms with Gasteiger partial charge in [-0.05, 0) is 69.2 Å². The van der Waals surface area contributed by atoms with Crippen LogP contribution in [0.3, 0.4) is 0 Å². The van der Waals surface area contributed by atoms with Gasteiger partial charge in [-0.2, -0.15) is 0 Å². The molecule has 0 rings (SSSR count). The molecule has 1 atom stereocenters. The molecule has 3 amide bonds. The van der Waals surface area contributed by atoms with E-state index in [-0.39, 0.29) is 0 Å². The zero-order valence-corrected chi connectivity index (χ0v) is 19.2. The molecule has 29 heavy (non-hydrogen) atoms. The van der Waals surface area contributed by atoms with Gasteiger partial charge in [0.05, 0.1) is 12.6 Å². The van der Waals surface area contributed by atoms with Crippen molar-refractivity contribution in [3.63, 3.8) is 0 Å². The van der Waals surface area contributed by atoms with E-state index in [4.69, 9.17) is 14.2 Å². The highest BCUT2D eigenvalue weighted by molar-refractivity contribution is 5.74. The Morgan fingerprint density at radius 1 is 0.724 bits per heavy atom. The van der Waals surface area contributed by atoms with E-state index in [1.165, 1.54) is 6.92 Å². The van der Waals surface area contributed by atoms with Gasteiger partial charge in [-0.25, -0.2) is 14.4 Å². The van der Waals surface area contributed by atoms with Gasteiger partial charge in [0.1, 0.15) is 16.8 Å². The summed E-state index contributed by atoms with van der Waals surface area (Å²) >= 11 is 0. The molecule has 0 saturated carbocycles. The predicted molar refractivity (Wildman–Crippen MR) is 107 cm³/mol. The van der Waals surface area contributed by atoms with Crippen LogP contribution in [0.5, 0.6) is 0 Å². The Morgan fingerprint density at radius 3 is 1.31 bits per heavy atom. The number of aliphatic hydroxyl groups is 1. The number of alkyl carbamates (subject to hydrolysis) is 3. The van der Waals surface area contributed by atoms with Gasteiger partial charge in [0.2, 0.25) is 0 Å². The van der Waals surface area contributed by atoms with Crippen LogP contribution >= 0.6 is 0 Å². The van der Waals surface area contributed by atoms with Crippen molar-refractivity contribution in [2.45, 2.75) is 97.8 Å². The van der Waals surface area contributed by atoms with Crippen LogP contribution in [0.4, 0.5) is 14.4 Å². The molecule has 10 nitrogen and oxygen atoms in total. The van der Waals surface area contributed by atoms with E-state index in [1.807, 2.05) is 0 Å². The van der Waals surface area contributed by atoms with Crippen molar-refractivity contribution in [1.29, 1.82) is 0 Å². The summed E-state index contributed by atoms with van der Waals surface area (Å²) < 4.78 is 15.6. The summed E-state index contributed by atoms with van der Waals surface area (Å²) in [6.07, 6.45) is -3.93. The summed E-state index contributed by atoms with van der Waals surface area (Å²) in [5.74, 6) is 0. The maximum atomic E-state index is 12.3. The van der Waals surface area contributed by atoms with Crippen LogP contribution < -0.4 is 16.0 Å². The molecular weight excluding hydrogens is 382 g/mol. The summed E-state index contributed by atoms with van der Waals surface area (Å²) in [5.41, 5.74) is -4.21. The fourth-order valence-corrected chi connectivity index (χ4v) is 1.97. The number of hydrogen-bond donors (Lipinski definition) is 4. The van der Waals surface area contributed by atoms with Crippen molar-refractivity contribution >= 4 is 18.3 Å². The van der Waals surface area contributed by atoms with E-state index < -0.39 is 53.4 Å². The van der Waals surface area contributed by atoms with Gasteiger partial charge in [0, 0.05) is 0 Å². The van der Waals surface area contributed by atoms with Crippen LogP contribution in [0.2, 0.25) is 0 Å². The minimum absolute atomic E-state index is 0.391. The normalized spacial score (nSPS) is 13.8. The van der Waals surface area contributed by atoms with Gasteiger partial charge in [-0.1, -0.05) is 0 Å². The average Bonchev–Trinajstić information content (AvgIpc) is 2.38. The highest BCUT2D eigenvalue weighted by Gasteiger charge is 2.42. The van der Waals surface area contributed by atoms with E-state index in [0.29, 0.717) is 0 Å². The van der Waals surface area contributed by atoms with Crippen LogP contribution in [0.1, 0.15) is 69.2 Å². The molecule has 0 bridgehead atoms. The van der Waals surface area contributed by atoms with E-state index in [9.17, 15) is 19.5 Å². The maximum Gasteiger partial charge on any atom is 0.409 e. The van der Waals surface area contributed by atoms with Gasteiger partial charge < -0.3 is 24.6 Å². The third kappa shape index (κ3) is 12.0. The number of carbonyl (C=O) groups excluding carboxylic acids is 3. The number of carbonyl (C=O) groups is 3. The van der Waals surface area contributed by atoms with E-state index in [1.54, 1.807) is 62.3 Å². The number of ether oxygens (including phenoxy) is 3. The van der Waals surface area contributed by atoms with E-state index >= 15 is 0 Å². The van der Waals surface area contributed by atoms with Crippen molar-refractivity contribution in [2.75, 3.05) is 6.54 Å². The smallest absolute Gasteiger partial charge is 0.409 e. The molecule has 0 aliphatic carbocycles. The lowest BCUT2D eigenvalue weighted by Crippen LogP contribution is -2.71. The summed E-state index contributed by atoms with van der Waals surface area (Å²) in [4.78, 5) is 36.7. The molecule has 0 saturated heterocycles. The van der Waals surface area contributed by atoms with Crippen LogP contribution in [-0.4, -0.2) is 58.5 Å². The van der Waals surface area contributed by atoms with Crippen molar-refractivity contribution in [3.05, 3.63) is 0 Å². The highest BCUT2D eigenvalue weighted by atomic mass is 16.6. The first kappa shape index (κ1) is 26.8. The van der Waals surface area contributed by atoms with Gasteiger partial charge in [-0.3, -0.25) is 10.6 Å².